The molecule has 3 aromatic rings. The Balaban J connectivity index is 1.50. The number of morpholine rings is 1. The van der Waals surface area contributed by atoms with Crippen molar-refractivity contribution in [2.24, 2.45) is 5.16 Å². The molecule has 34 heavy (non-hydrogen) atoms. The van der Waals surface area contributed by atoms with Gasteiger partial charge in [-0.15, -0.1) is 0 Å². The highest BCUT2D eigenvalue weighted by atomic mass is 19.1. The van der Waals surface area contributed by atoms with Gasteiger partial charge in [0, 0.05) is 24.8 Å². The Kier molecular flexibility index (Phi) is 5.27. The molecular weight excluding hydrogens is 442 g/mol. The minimum Gasteiger partial charge on any atom is -0.495 e. The molecular formula is C25H24F2N4O3. The predicted octanol–water partition coefficient (Wildman–Crippen LogP) is 4.75. The van der Waals surface area contributed by atoms with Gasteiger partial charge in [0.05, 0.1) is 31.4 Å². The first-order valence-electron chi connectivity index (χ1n) is 10.8. The molecule has 0 aliphatic carbocycles. The molecule has 0 radical (unpaired) electrons. The van der Waals surface area contributed by atoms with Crippen LogP contribution in [-0.2, 0) is 15.3 Å². The summed E-state index contributed by atoms with van der Waals surface area (Å²) in [5, 5.41) is 4.23. The molecule has 176 valence electrons. The third-order valence-corrected chi connectivity index (χ3v) is 5.96. The summed E-state index contributed by atoms with van der Waals surface area (Å²) in [5.41, 5.74) is 1.75. The van der Waals surface area contributed by atoms with Crippen LogP contribution in [0.2, 0.25) is 0 Å². The number of imidazole rings is 1. The molecule has 1 fully saturated rings. The number of benzene rings is 2. The van der Waals surface area contributed by atoms with E-state index in [1.54, 1.807) is 20.4 Å². The second kappa shape index (κ2) is 8.16. The van der Waals surface area contributed by atoms with Crippen LogP contribution in [0.25, 0.3) is 11.8 Å². The minimum atomic E-state index is -1.17. The van der Waals surface area contributed by atoms with Gasteiger partial charge in [0.15, 0.2) is 5.76 Å². The highest BCUT2D eigenvalue weighted by molar-refractivity contribution is 6.01. The lowest BCUT2D eigenvalue weighted by Crippen LogP contribution is -2.51. The first-order chi connectivity index (χ1) is 16.3. The summed E-state index contributed by atoms with van der Waals surface area (Å²) in [6.07, 6.45) is 5.28. The van der Waals surface area contributed by atoms with E-state index in [0.29, 0.717) is 29.5 Å². The monoisotopic (exact) mass is 466 g/mol. The number of amidine groups is 1. The zero-order valence-corrected chi connectivity index (χ0v) is 19.3. The van der Waals surface area contributed by atoms with E-state index in [9.17, 15) is 8.78 Å². The van der Waals surface area contributed by atoms with Gasteiger partial charge in [-0.25, -0.2) is 13.8 Å². The molecule has 0 bridgehead atoms. The van der Waals surface area contributed by atoms with Crippen LogP contribution >= 0.6 is 0 Å². The van der Waals surface area contributed by atoms with Crippen LogP contribution in [-0.4, -0.2) is 40.0 Å². The highest BCUT2D eigenvalue weighted by Crippen LogP contribution is 2.40. The Bertz CT molecular complexity index is 1300. The van der Waals surface area contributed by atoms with Gasteiger partial charge in [0.2, 0.25) is 11.6 Å². The molecule has 1 saturated heterocycles. The standard InChI is InChI=1S/C25H24F2N4O3/c1-15-12-30(14-28-15)21-6-5-17(7-22(21)32-4)8-23-24-29-34-25(3,31(24)13-16(2)33-23)18-9-19(26)11-20(27)10-18/h5-12,14,16H,13H2,1-4H3/b23-8+/t16-,25-/m0/s1. The van der Waals surface area contributed by atoms with Gasteiger partial charge in [-0.3, -0.25) is 0 Å². The molecule has 0 unspecified atom stereocenters. The molecule has 2 atom stereocenters. The Morgan fingerprint density at radius 1 is 1.18 bits per heavy atom. The van der Waals surface area contributed by atoms with Crippen molar-refractivity contribution >= 4 is 11.9 Å². The van der Waals surface area contributed by atoms with Crippen LogP contribution in [0.5, 0.6) is 5.75 Å². The zero-order valence-electron chi connectivity index (χ0n) is 19.3. The normalized spacial score (nSPS) is 22.8. The van der Waals surface area contributed by atoms with Gasteiger partial charge in [0.1, 0.15) is 23.5 Å². The van der Waals surface area contributed by atoms with Crippen LogP contribution in [0.4, 0.5) is 8.78 Å². The average Bonchev–Trinajstić information content (AvgIpc) is 3.37. The number of aryl methyl sites for hydroxylation is 1. The van der Waals surface area contributed by atoms with E-state index < -0.39 is 17.4 Å². The van der Waals surface area contributed by atoms with Crippen LogP contribution in [0, 0.1) is 18.6 Å². The van der Waals surface area contributed by atoms with Gasteiger partial charge in [-0.1, -0.05) is 11.2 Å². The molecule has 5 rings (SSSR count). The smallest absolute Gasteiger partial charge is 0.234 e. The SMILES string of the molecule is COc1cc(/C=C2/O[C@@H](C)CN3C2=NO[C@@]3(C)c2cc(F)cc(F)c2)ccc1-n1cnc(C)c1. The third kappa shape index (κ3) is 3.76. The maximum absolute atomic E-state index is 13.9. The Morgan fingerprint density at radius 2 is 1.94 bits per heavy atom. The maximum Gasteiger partial charge on any atom is 0.234 e. The quantitative estimate of drug-likeness (QED) is 0.556. The molecule has 7 nitrogen and oxygen atoms in total. The zero-order chi connectivity index (χ0) is 24.0. The lowest BCUT2D eigenvalue weighted by molar-refractivity contribution is -0.104. The summed E-state index contributed by atoms with van der Waals surface area (Å²) in [7, 11) is 1.61. The molecule has 0 amide bonds. The van der Waals surface area contributed by atoms with E-state index in [2.05, 4.69) is 10.1 Å². The van der Waals surface area contributed by atoms with Gasteiger partial charge >= 0.3 is 0 Å². The molecule has 0 saturated carbocycles. The number of halogens is 2. The molecule has 0 spiro atoms. The number of aromatic nitrogens is 2. The van der Waals surface area contributed by atoms with E-state index in [0.717, 1.165) is 23.0 Å². The summed E-state index contributed by atoms with van der Waals surface area (Å²) < 4.78 is 41.5. The summed E-state index contributed by atoms with van der Waals surface area (Å²) in [4.78, 5) is 11.9. The number of methoxy groups -OCH3 is 1. The maximum atomic E-state index is 13.9. The van der Waals surface area contributed by atoms with Gasteiger partial charge in [0.25, 0.3) is 0 Å². The van der Waals surface area contributed by atoms with E-state index >= 15 is 0 Å². The number of nitrogens with zero attached hydrogens (tertiary/aromatic N) is 4. The molecule has 3 heterocycles. The third-order valence-electron chi connectivity index (χ3n) is 5.96. The second-order valence-corrected chi connectivity index (χ2v) is 8.55. The van der Waals surface area contributed by atoms with Crippen LogP contribution in [0.15, 0.2) is 59.8 Å². The van der Waals surface area contributed by atoms with E-state index in [1.165, 1.54) is 12.1 Å². The van der Waals surface area contributed by atoms with Crippen molar-refractivity contribution in [2.45, 2.75) is 32.6 Å². The lowest BCUT2D eigenvalue weighted by atomic mass is 10.0. The summed E-state index contributed by atoms with van der Waals surface area (Å²) in [5.74, 6) is 0.263. The molecule has 2 aliphatic rings. The Hall–Kier alpha value is -3.88. The predicted molar refractivity (Wildman–Crippen MR) is 122 cm³/mol. The van der Waals surface area contributed by atoms with E-state index in [4.69, 9.17) is 14.3 Å². The number of oxime groups is 1. The summed E-state index contributed by atoms with van der Waals surface area (Å²) in [6.45, 7) is 6.01. The van der Waals surface area contributed by atoms with Crippen molar-refractivity contribution in [1.82, 2.24) is 14.5 Å². The number of ether oxygens (including phenoxy) is 2. The van der Waals surface area contributed by atoms with E-state index in [1.807, 2.05) is 53.8 Å². The molecule has 2 aromatic carbocycles. The first kappa shape index (κ1) is 21.9. The fourth-order valence-electron chi connectivity index (χ4n) is 4.27. The van der Waals surface area contributed by atoms with Crippen molar-refractivity contribution in [2.75, 3.05) is 13.7 Å². The van der Waals surface area contributed by atoms with Crippen molar-refractivity contribution in [3.63, 3.8) is 0 Å². The number of fused-ring (bicyclic) bond motifs is 1. The Morgan fingerprint density at radius 3 is 2.62 bits per heavy atom. The first-order valence-corrected chi connectivity index (χ1v) is 10.8. The summed E-state index contributed by atoms with van der Waals surface area (Å²) in [6, 6.07) is 9.10. The lowest BCUT2D eigenvalue weighted by Gasteiger charge is -2.39. The minimum absolute atomic E-state index is 0.209. The van der Waals surface area contributed by atoms with Gasteiger partial charge in [-0.05, 0) is 49.8 Å². The second-order valence-electron chi connectivity index (χ2n) is 8.55. The number of rotatable bonds is 4. The number of hydrogen-bond donors (Lipinski definition) is 0. The van der Waals surface area contributed by atoms with Crippen LogP contribution < -0.4 is 4.74 Å². The molecule has 2 aliphatic heterocycles. The number of hydrogen-bond acceptors (Lipinski definition) is 6. The highest BCUT2D eigenvalue weighted by Gasteiger charge is 2.48. The van der Waals surface area contributed by atoms with Gasteiger partial charge < -0.3 is 23.8 Å². The fourth-order valence-corrected chi connectivity index (χ4v) is 4.27. The van der Waals surface area contributed by atoms with Crippen LogP contribution in [0.1, 0.15) is 30.7 Å². The largest absolute Gasteiger partial charge is 0.495 e. The van der Waals surface area contributed by atoms with Crippen LogP contribution in [0.3, 0.4) is 0 Å². The van der Waals surface area contributed by atoms with E-state index in [-0.39, 0.29) is 6.10 Å². The fraction of sp³-hybridized carbons (Fsp3) is 0.280. The molecule has 0 N–H and O–H groups in total. The van der Waals surface area contributed by atoms with Crippen molar-refractivity contribution < 1.29 is 23.1 Å². The Labute approximate surface area is 195 Å². The summed E-state index contributed by atoms with van der Waals surface area (Å²) >= 11 is 0. The van der Waals surface area contributed by atoms with Gasteiger partial charge in [-0.2, -0.15) is 0 Å². The average molecular weight is 466 g/mol. The van der Waals surface area contributed by atoms with Crippen molar-refractivity contribution in [3.8, 4) is 11.4 Å². The topological polar surface area (TPSA) is 61.1 Å². The van der Waals surface area contributed by atoms with Crippen molar-refractivity contribution in [3.05, 3.63) is 83.1 Å². The molecule has 9 heteroatoms. The molecule has 1 aromatic heterocycles. The van der Waals surface area contributed by atoms with Crippen molar-refractivity contribution in [1.29, 1.82) is 0 Å².